The Labute approximate surface area is 147 Å². The Hall–Kier alpha value is -0.600. The SMILES string of the molecule is O=S(=O)(c1ccc(Br)cc1C(F)(F)F)[C@@H]1CC[C@@H](OC2CCC2)C1. The van der Waals surface area contributed by atoms with E-state index >= 15 is 0 Å². The summed E-state index contributed by atoms with van der Waals surface area (Å²) in [5, 5.41) is -0.815. The average Bonchev–Trinajstić information content (AvgIpc) is 2.91. The van der Waals surface area contributed by atoms with Crippen molar-refractivity contribution >= 4 is 25.8 Å². The minimum atomic E-state index is -4.72. The van der Waals surface area contributed by atoms with Crippen molar-refractivity contribution in [1.29, 1.82) is 0 Å². The third kappa shape index (κ3) is 3.65. The van der Waals surface area contributed by atoms with Crippen LogP contribution in [-0.2, 0) is 20.8 Å². The third-order valence-corrected chi connectivity index (χ3v) is 7.53. The van der Waals surface area contributed by atoms with Crippen molar-refractivity contribution in [3.05, 3.63) is 28.2 Å². The summed E-state index contributed by atoms with van der Waals surface area (Å²) in [5.41, 5.74) is -1.11. The summed E-state index contributed by atoms with van der Waals surface area (Å²) >= 11 is 2.98. The van der Waals surface area contributed by atoms with Gasteiger partial charge in [-0.3, -0.25) is 0 Å². The van der Waals surface area contributed by atoms with Crippen LogP contribution in [0, 0.1) is 0 Å². The predicted octanol–water partition coefficient (Wildman–Crippen LogP) is 4.73. The van der Waals surface area contributed by atoms with Crippen molar-refractivity contribution in [3.63, 3.8) is 0 Å². The van der Waals surface area contributed by atoms with Gasteiger partial charge in [-0.05, 0) is 56.7 Å². The van der Waals surface area contributed by atoms with Gasteiger partial charge in [0.05, 0.1) is 27.9 Å². The van der Waals surface area contributed by atoms with Crippen molar-refractivity contribution in [2.75, 3.05) is 0 Å². The molecular weight excluding hydrogens is 409 g/mol. The molecule has 2 atom stereocenters. The van der Waals surface area contributed by atoms with Gasteiger partial charge in [-0.25, -0.2) is 8.42 Å². The molecule has 0 heterocycles. The summed E-state index contributed by atoms with van der Waals surface area (Å²) in [5.74, 6) is 0. The van der Waals surface area contributed by atoms with Crippen molar-refractivity contribution < 1.29 is 26.3 Å². The summed E-state index contributed by atoms with van der Waals surface area (Å²) < 4.78 is 71.3. The van der Waals surface area contributed by atoms with E-state index in [4.69, 9.17) is 4.74 Å². The normalized spacial score (nSPS) is 25.7. The van der Waals surface area contributed by atoms with Gasteiger partial charge in [0.15, 0.2) is 9.84 Å². The fourth-order valence-electron chi connectivity index (χ4n) is 3.24. The largest absolute Gasteiger partial charge is 0.417 e. The van der Waals surface area contributed by atoms with Gasteiger partial charge >= 0.3 is 6.18 Å². The second-order valence-corrected chi connectivity index (χ2v) is 9.54. The van der Waals surface area contributed by atoms with Crippen LogP contribution in [0.15, 0.2) is 27.6 Å². The number of benzene rings is 1. The molecule has 8 heteroatoms. The van der Waals surface area contributed by atoms with Crippen LogP contribution in [0.4, 0.5) is 13.2 Å². The van der Waals surface area contributed by atoms with E-state index in [1.54, 1.807) is 0 Å². The molecule has 0 bridgehead atoms. The number of halogens is 4. The molecule has 3 rings (SSSR count). The molecule has 0 saturated heterocycles. The molecule has 0 aliphatic heterocycles. The lowest BCUT2D eigenvalue weighted by Gasteiger charge is -2.28. The first kappa shape index (κ1) is 18.2. The van der Waals surface area contributed by atoms with E-state index in [0.717, 1.165) is 31.4 Å². The maximum absolute atomic E-state index is 13.2. The standard InChI is InChI=1S/C16H18BrF3O3S/c17-10-4-7-15(14(8-10)16(18,19)20)24(21,22)13-6-5-12(9-13)23-11-2-1-3-11/h4,7-8,11-13H,1-3,5-6,9H2/t12-,13-/m1/s1. The molecule has 1 aromatic carbocycles. The minimum absolute atomic E-state index is 0.167. The molecule has 134 valence electrons. The molecule has 0 amide bonds. The van der Waals surface area contributed by atoms with Gasteiger partial charge in [0.1, 0.15) is 0 Å². The fourth-order valence-corrected chi connectivity index (χ4v) is 5.61. The quantitative estimate of drug-likeness (QED) is 0.698. The molecule has 24 heavy (non-hydrogen) atoms. The number of hydrogen-bond donors (Lipinski definition) is 0. The second-order valence-electron chi connectivity index (χ2n) is 6.43. The van der Waals surface area contributed by atoms with Crippen LogP contribution in [-0.4, -0.2) is 25.9 Å². The third-order valence-electron chi connectivity index (χ3n) is 4.77. The molecule has 0 radical (unpaired) electrons. The molecule has 0 spiro atoms. The van der Waals surface area contributed by atoms with Gasteiger partial charge < -0.3 is 4.74 Å². The highest BCUT2D eigenvalue weighted by Crippen LogP contribution is 2.40. The van der Waals surface area contributed by atoms with Crippen molar-refractivity contribution in [2.45, 2.75) is 67.1 Å². The maximum atomic E-state index is 13.2. The molecule has 2 fully saturated rings. The summed E-state index contributed by atoms with van der Waals surface area (Å²) in [6.07, 6.45) is -0.413. The first-order valence-corrected chi connectivity index (χ1v) is 10.3. The number of ether oxygens (including phenoxy) is 1. The molecule has 2 aliphatic rings. The zero-order chi connectivity index (χ0) is 17.5. The number of rotatable bonds is 4. The van der Waals surface area contributed by atoms with Crippen molar-refractivity contribution in [3.8, 4) is 0 Å². The Kier molecular flexibility index (Phi) is 5.01. The zero-order valence-electron chi connectivity index (χ0n) is 12.9. The van der Waals surface area contributed by atoms with Gasteiger partial charge in [-0.2, -0.15) is 13.2 Å². The van der Waals surface area contributed by atoms with Crippen LogP contribution in [0.5, 0.6) is 0 Å². The van der Waals surface area contributed by atoms with E-state index in [1.165, 1.54) is 6.07 Å². The number of sulfone groups is 1. The average molecular weight is 427 g/mol. The Balaban J connectivity index is 1.83. The van der Waals surface area contributed by atoms with Crippen molar-refractivity contribution in [1.82, 2.24) is 0 Å². The van der Waals surface area contributed by atoms with Gasteiger partial charge in [-0.15, -0.1) is 0 Å². The Morgan fingerprint density at radius 1 is 1.08 bits per heavy atom. The van der Waals surface area contributed by atoms with E-state index in [9.17, 15) is 21.6 Å². The number of alkyl halides is 3. The summed E-state index contributed by atoms with van der Waals surface area (Å²) in [7, 11) is -4.05. The van der Waals surface area contributed by atoms with Crippen LogP contribution in [0.2, 0.25) is 0 Å². The van der Waals surface area contributed by atoms with Gasteiger partial charge in [0.2, 0.25) is 0 Å². The fraction of sp³-hybridized carbons (Fsp3) is 0.625. The molecule has 1 aromatic rings. The van der Waals surface area contributed by atoms with E-state index < -0.39 is 31.7 Å². The van der Waals surface area contributed by atoms with E-state index in [1.807, 2.05) is 0 Å². The Morgan fingerprint density at radius 3 is 2.38 bits per heavy atom. The summed E-state index contributed by atoms with van der Waals surface area (Å²) in [6, 6.07) is 3.20. The first-order chi connectivity index (χ1) is 11.2. The topological polar surface area (TPSA) is 43.4 Å². The molecule has 0 N–H and O–H groups in total. The first-order valence-electron chi connectivity index (χ1n) is 7.94. The molecule has 2 saturated carbocycles. The van der Waals surface area contributed by atoms with Crippen LogP contribution in [0.3, 0.4) is 0 Å². The van der Waals surface area contributed by atoms with Crippen molar-refractivity contribution in [2.24, 2.45) is 0 Å². The van der Waals surface area contributed by atoms with Crippen LogP contribution in [0.25, 0.3) is 0 Å². The molecule has 0 aromatic heterocycles. The lowest BCUT2D eigenvalue weighted by Crippen LogP contribution is -2.28. The van der Waals surface area contributed by atoms with Gasteiger partial charge in [0, 0.05) is 4.47 Å². The highest BCUT2D eigenvalue weighted by Gasteiger charge is 2.42. The predicted molar refractivity (Wildman–Crippen MR) is 86.5 cm³/mol. The van der Waals surface area contributed by atoms with E-state index in [-0.39, 0.29) is 23.1 Å². The van der Waals surface area contributed by atoms with Crippen LogP contribution < -0.4 is 0 Å². The second kappa shape index (κ2) is 6.61. The summed E-state index contributed by atoms with van der Waals surface area (Å²) in [6.45, 7) is 0. The molecular formula is C16H18BrF3O3S. The minimum Gasteiger partial charge on any atom is -0.375 e. The van der Waals surface area contributed by atoms with Gasteiger partial charge in [-0.1, -0.05) is 15.9 Å². The lowest BCUT2D eigenvalue weighted by atomic mass is 9.96. The molecule has 2 aliphatic carbocycles. The highest BCUT2D eigenvalue weighted by atomic mass is 79.9. The maximum Gasteiger partial charge on any atom is 0.417 e. The van der Waals surface area contributed by atoms with Crippen LogP contribution >= 0.6 is 15.9 Å². The summed E-state index contributed by atoms with van der Waals surface area (Å²) in [4.78, 5) is -0.632. The Bertz CT molecular complexity index is 714. The Morgan fingerprint density at radius 2 is 1.79 bits per heavy atom. The van der Waals surface area contributed by atoms with Crippen LogP contribution in [0.1, 0.15) is 44.1 Å². The number of hydrogen-bond acceptors (Lipinski definition) is 3. The van der Waals surface area contributed by atoms with E-state index in [0.29, 0.717) is 12.8 Å². The lowest BCUT2D eigenvalue weighted by molar-refractivity contribution is -0.139. The smallest absolute Gasteiger partial charge is 0.375 e. The monoisotopic (exact) mass is 426 g/mol. The van der Waals surface area contributed by atoms with E-state index in [2.05, 4.69) is 15.9 Å². The highest BCUT2D eigenvalue weighted by molar-refractivity contribution is 9.10. The van der Waals surface area contributed by atoms with Gasteiger partial charge in [0.25, 0.3) is 0 Å². The zero-order valence-corrected chi connectivity index (χ0v) is 15.3. The molecule has 0 unspecified atom stereocenters. The molecule has 3 nitrogen and oxygen atoms in total.